The van der Waals surface area contributed by atoms with E-state index in [0.717, 1.165) is 57.2 Å². The molecule has 1 amide bonds. The normalized spacial score (nSPS) is 17.9. The number of hydrogen-bond donors (Lipinski definition) is 1. The Kier molecular flexibility index (Phi) is 6.84. The maximum Gasteiger partial charge on any atom is 0.230 e. The van der Waals surface area contributed by atoms with Crippen LogP contribution in [-0.2, 0) is 4.79 Å². The van der Waals surface area contributed by atoms with E-state index < -0.39 is 0 Å². The minimum absolute atomic E-state index is 0.0339. The summed E-state index contributed by atoms with van der Waals surface area (Å²) in [6.45, 7) is 4.97. The van der Waals surface area contributed by atoms with Crippen molar-refractivity contribution in [2.75, 3.05) is 59.3 Å². The van der Waals surface area contributed by atoms with Crippen LogP contribution in [-0.4, -0.2) is 65.3 Å². The molecule has 2 saturated heterocycles. The van der Waals surface area contributed by atoms with E-state index >= 15 is 0 Å². The third kappa shape index (κ3) is 5.29. The Morgan fingerprint density at radius 2 is 1.68 bits per heavy atom. The van der Waals surface area contributed by atoms with Crippen molar-refractivity contribution in [2.45, 2.75) is 12.8 Å². The molecule has 1 N–H and O–H groups in total. The van der Waals surface area contributed by atoms with Gasteiger partial charge in [0.1, 0.15) is 23.7 Å². The van der Waals surface area contributed by atoms with E-state index in [0.29, 0.717) is 23.8 Å². The van der Waals surface area contributed by atoms with Gasteiger partial charge in [-0.15, -0.1) is 10.2 Å². The van der Waals surface area contributed by atoms with Crippen molar-refractivity contribution in [1.82, 2.24) is 20.2 Å². The molecule has 4 aromatic rings. The van der Waals surface area contributed by atoms with Crippen LogP contribution < -0.4 is 20.0 Å². The SMILES string of the molecule is O=C(Nc1cc(N2CCN(c3ccccc3)CC2)ncn1)C1CCCN(c2ccc(-c3ccco3)nn2)C1. The number of carbonyl (C=O) groups is 1. The van der Waals surface area contributed by atoms with Gasteiger partial charge in [-0.1, -0.05) is 18.2 Å². The van der Waals surface area contributed by atoms with Gasteiger partial charge in [-0.05, 0) is 49.2 Å². The summed E-state index contributed by atoms with van der Waals surface area (Å²) in [5.74, 6) is 2.61. The molecule has 38 heavy (non-hydrogen) atoms. The topological polar surface area (TPSA) is 104 Å². The Balaban J connectivity index is 1.05. The number of furan rings is 1. The maximum atomic E-state index is 13.2. The molecule has 0 bridgehead atoms. The molecule has 1 atom stereocenters. The second-order valence-electron chi connectivity index (χ2n) is 9.60. The third-order valence-corrected chi connectivity index (χ3v) is 7.17. The van der Waals surface area contributed by atoms with Gasteiger partial charge < -0.3 is 24.4 Å². The minimum Gasteiger partial charge on any atom is -0.463 e. The van der Waals surface area contributed by atoms with Crippen molar-refractivity contribution >= 4 is 29.0 Å². The first-order chi connectivity index (χ1) is 18.7. The molecule has 2 fully saturated rings. The van der Waals surface area contributed by atoms with Crippen molar-refractivity contribution in [3.8, 4) is 11.5 Å². The lowest BCUT2D eigenvalue weighted by atomic mass is 9.97. The summed E-state index contributed by atoms with van der Waals surface area (Å²) >= 11 is 0. The molecule has 5 heterocycles. The smallest absolute Gasteiger partial charge is 0.230 e. The van der Waals surface area contributed by atoms with Gasteiger partial charge in [0.2, 0.25) is 5.91 Å². The molecular formula is C28H30N8O2. The van der Waals surface area contributed by atoms with Crippen molar-refractivity contribution < 1.29 is 9.21 Å². The van der Waals surface area contributed by atoms with Crippen molar-refractivity contribution in [3.05, 3.63) is 73.3 Å². The Morgan fingerprint density at radius 3 is 2.45 bits per heavy atom. The number of nitrogens with zero attached hydrogens (tertiary/aromatic N) is 7. The van der Waals surface area contributed by atoms with Crippen LogP contribution in [0.4, 0.5) is 23.1 Å². The van der Waals surface area contributed by atoms with Gasteiger partial charge in [-0.3, -0.25) is 4.79 Å². The standard InChI is InChI=1S/C28H30N8O2/c37-28(21-6-4-12-36(19-21)26-11-10-23(32-33-26)24-9-5-17-38-24)31-25-18-27(30-20-29-25)35-15-13-34(14-16-35)22-7-2-1-3-8-22/h1-3,5,7-11,17-18,20-21H,4,6,12-16,19H2,(H,29,30,31,37). The molecule has 1 unspecified atom stereocenters. The third-order valence-electron chi connectivity index (χ3n) is 7.17. The van der Waals surface area contributed by atoms with Crippen LogP contribution in [0.25, 0.3) is 11.5 Å². The van der Waals surface area contributed by atoms with E-state index in [-0.39, 0.29) is 11.8 Å². The van der Waals surface area contributed by atoms with E-state index in [1.807, 2.05) is 36.4 Å². The Labute approximate surface area is 221 Å². The lowest BCUT2D eigenvalue weighted by Crippen LogP contribution is -2.46. The number of para-hydroxylation sites is 1. The van der Waals surface area contributed by atoms with Crippen molar-refractivity contribution in [2.24, 2.45) is 5.92 Å². The van der Waals surface area contributed by atoms with Crippen LogP contribution in [0.3, 0.4) is 0 Å². The maximum absolute atomic E-state index is 13.2. The number of nitrogens with one attached hydrogen (secondary N) is 1. The summed E-state index contributed by atoms with van der Waals surface area (Å²) in [6.07, 6.45) is 4.86. The zero-order valence-electron chi connectivity index (χ0n) is 21.1. The number of aromatic nitrogens is 4. The molecule has 10 heteroatoms. The molecular weight excluding hydrogens is 480 g/mol. The number of carbonyl (C=O) groups excluding carboxylic acids is 1. The number of piperazine rings is 1. The van der Waals surface area contributed by atoms with Crippen molar-refractivity contribution in [3.63, 3.8) is 0 Å². The Hall–Kier alpha value is -4.47. The number of rotatable bonds is 6. The average molecular weight is 511 g/mol. The number of piperidine rings is 1. The zero-order valence-corrected chi connectivity index (χ0v) is 21.1. The molecule has 194 valence electrons. The van der Waals surface area contributed by atoms with Crippen LogP contribution in [0.2, 0.25) is 0 Å². The van der Waals surface area contributed by atoms with Crippen LogP contribution in [0.15, 0.2) is 77.7 Å². The predicted octanol–water partition coefficient (Wildman–Crippen LogP) is 3.71. The largest absolute Gasteiger partial charge is 0.463 e. The summed E-state index contributed by atoms with van der Waals surface area (Å²) in [5, 5.41) is 11.7. The molecule has 0 spiro atoms. The molecule has 6 rings (SSSR count). The molecule has 0 saturated carbocycles. The summed E-state index contributed by atoms with van der Waals surface area (Å²) < 4.78 is 5.40. The van der Waals surface area contributed by atoms with Gasteiger partial charge in [0.15, 0.2) is 11.6 Å². The monoisotopic (exact) mass is 510 g/mol. The number of anilines is 4. The predicted molar refractivity (Wildman–Crippen MR) is 146 cm³/mol. The molecule has 0 aliphatic carbocycles. The van der Waals surface area contributed by atoms with Crippen LogP contribution >= 0.6 is 0 Å². The Morgan fingerprint density at radius 1 is 0.842 bits per heavy atom. The van der Waals surface area contributed by atoms with Gasteiger partial charge in [0.05, 0.1) is 12.2 Å². The number of amides is 1. The molecule has 0 radical (unpaired) electrons. The van der Waals surface area contributed by atoms with Crippen LogP contribution in [0, 0.1) is 5.92 Å². The summed E-state index contributed by atoms with van der Waals surface area (Å²) in [7, 11) is 0. The fraction of sp³-hybridized carbons (Fsp3) is 0.321. The second kappa shape index (κ2) is 10.9. The van der Waals surface area contributed by atoms with Gasteiger partial charge >= 0.3 is 0 Å². The minimum atomic E-state index is -0.164. The van der Waals surface area contributed by atoms with Gasteiger partial charge in [0.25, 0.3) is 0 Å². The van der Waals surface area contributed by atoms with Crippen LogP contribution in [0.5, 0.6) is 0 Å². The van der Waals surface area contributed by atoms with Gasteiger partial charge in [0, 0.05) is 51.0 Å². The van der Waals surface area contributed by atoms with E-state index in [1.165, 1.54) is 12.0 Å². The highest BCUT2D eigenvalue weighted by Crippen LogP contribution is 2.25. The fourth-order valence-corrected chi connectivity index (χ4v) is 5.10. The van der Waals surface area contributed by atoms with Gasteiger partial charge in [-0.25, -0.2) is 9.97 Å². The quantitative estimate of drug-likeness (QED) is 0.416. The van der Waals surface area contributed by atoms with E-state index in [4.69, 9.17) is 4.42 Å². The number of hydrogen-bond acceptors (Lipinski definition) is 9. The van der Waals surface area contributed by atoms with Gasteiger partial charge in [-0.2, -0.15) is 0 Å². The molecule has 10 nitrogen and oxygen atoms in total. The fourth-order valence-electron chi connectivity index (χ4n) is 5.10. The first kappa shape index (κ1) is 23.9. The first-order valence-electron chi connectivity index (χ1n) is 13.0. The molecule has 1 aromatic carbocycles. The highest BCUT2D eigenvalue weighted by Gasteiger charge is 2.27. The van der Waals surface area contributed by atoms with Crippen LogP contribution in [0.1, 0.15) is 12.8 Å². The highest BCUT2D eigenvalue weighted by molar-refractivity contribution is 5.92. The Bertz CT molecular complexity index is 1340. The summed E-state index contributed by atoms with van der Waals surface area (Å²) in [4.78, 5) is 28.7. The summed E-state index contributed by atoms with van der Waals surface area (Å²) in [5.41, 5.74) is 1.93. The number of benzene rings is 1. The first-order valence-corrected chi connectivity index (χ1v) is 13.0. The van der Waals surface area contributed by atoms with E-state index in [1.54, 1.807) is 6.26 Å². The molecule has 3 aromatic heterocycles. The summed E-state index contributed by atoms with van der Waals surface area (Å²) in [6, 6.07) is 19.8. The second-order valence-corrected chi connectivity index (χ2v) is 9.60. The molecule has 2 aliphatic heterocycles. The lowest BCUT2D eigenvalue weighted by molar-refractivity contribution is -0.120. The molecule has 2 aliphatic rings. The average Bonchev–Trinajstić information content (AvgIpc) is 3.53. The lowest BCUT2D eigenvalue weighted by Gasteiger charge is -2.36. The van der Waals surface area contributed by atoms with Crippen molar-refractivity contribution in [1.29, 1.82) is 0 Å². The highest BCUT2D eigenvalue weighted by atomic mass is 16.3. The van der Waals surface area contributed by atoms with E-state index in [2.05, 4.69) is 64.4 Å². The van der Waals surface area contributed by atoms with E-state index in [9.17, 15) is 4.79 Å². The zero-order chi connectivity index (χ0) is 25.7.